The van der Waals surface area contributed by atoms with E-state index in [1.807, 2.05) is 0 Å². The van der Waals surface area contributed by atoms with E-state index in [2.05, 4.69) is 0 Å². The Balaban J connectivity index is 2.59. The molecule has 124 valence electrons. The molecule has 0 aromatic heterocycles. The number of allylic oxidation sites excluding steroid dienone is 2. The zero-order valence-electron chi connectivity index (χ0n) is 11.2. The molecular formula is C13H14F6N2O. The molecule has 2 unspecified atom stereocenters. The van der Waals surface area contributed by atoms with E-state index >= 15 is 0 Å². The van der Waals surface area contributed by atoms with Crippen molar-refractivity contribution in [2.45, 2.75) is 36.8 Å². The Kier molecular flexibility index (Phi) is 3.85. The standard InChI is InChI=1S/C13H14F6N2O/c14-12(15,16)11(22,13(17,18)19)8-5-4-6-7(10(8)21)2-1-3-9(6)20/h1-2,5-6,9,22H,3-4,20-21H2. The number of hydrogen-bond donors (Lipinski definition) is 3. The maximum Gasteiger partial charge on any atom is 0.430 e. The van der Waals surface area contributed by atoms with Gasteiger partial charge in [-0.2, -0.15) is 26.3 Å². The van der Waals surface area contributed by atoms with Crippen LogP contribution in [0.2, 0.25) is 0 Å². The maximum atomic E-state index is 12.9. The van der Waals surface area contributed by atoms with Crippen molar-refractivity contribution in [3.63, 3.8) is 0 Å². The van der Waals surface area contributed by atoms with Gasteiger partial charge in [-0.15, -0.1) is 0 Å². The highest BCUT2D eigenvalue weighted by atomic mass is 19.4. The molecule has 2 aliphatic rings. The number of hydrogen-bond acceptors (Lipinski definition) is 3. The summed E-state index contributed by atoms with van der Waals surface area (Å²) in [6, 6.07) is -0.443. The first-order valence-corrected chi connectivity index (χ1v) is 6.40. The molecule has 0 fully saturated rings. The number of alkyl halides is 6. The first-order valence-electron chi connectivity index (χ1n) is 6.40. The summed E-state index contributed by atoms with van der Waals surface area (Å²) in [6.07, 6.45) is -8.01. The lowest BCUT2D eigenvalue weighted by molar-refractivity contribution is -0.351. The van der Waals surface area contributed by atoms with Crippen molar-refractivity contribution < 1.29 is 31.4 Å². The Hall–Kier alpha value is -1.48. The maximum absolute atomic E-state index is 12.9. The average molecular weight is 328 g/mol. The van der Waals surface area contributed by atoms with Crippen LogP contribution < -0.4 is 11.5 Å². The predicted molar refractivity (Wildman–Crippen MR) is 66.2 cm³/mol. The molecule has 0 bridgehead atoms. The van der Waals surface area contributed by atoms with E-state index in [1.54, 1.807) is 0 Å². The highest BCUT2D eigenvalue weighted by Gasteiger charge is 2.73. The number of aliphatic hydroxyl groups is 1. The topological polar surface area (TPSA) is 72.3 Å². The summed E-state index contributed by atoms with van der Waals surface area (Å²) in [5.74, 6) is -0.459. The molecule has 22 heavy (non-hydrogen) atoms. The second-order valence-electron chi connectivity index (χ2n) is 5.34. The molecule has 9 heteroatoms. The van der Waals surface area contributed by atoms with E-state index in [1.165, 1.54) is 12.2 Å². The van der Waals surface area contributed by atoms with Gasteiger partial charge in [0.1, 0.15) is 0 Å². The monoisotopic (exact) mass is 328 g/mol. The van der Waals surface area contributed by atoms with Gasteiger partial charge in [-0.1, -0.05) is 18.2 Å². The van der Waals surface area contributed by atoms with E-state index in [-0.39, 0.29) is 12.0 Å². The molecule has 2 atom stereocenters. The van der Waals surface area contributed by atoms with E-state index in [0.29, 0.717) is 12.5 Å². The molecule has 0 saturated heterocycles. The fourth-order valence-corrected chi connectivity index (χ4v) is 2.78. The van der Waals surface area contributed by atoms with E-state index in [0.717, 1.165) is 0 Å². The minimum atomic E-state index is -5.95. The molecule has 0 spiro atoms. The molecule has 0 aromatic rings. The summed E-state index contributed by atoms with van der Waals surface area (Å²) in [5.41, 5.74) is 4.32. The number of rotatable bonds is 1. The van der Waals surface area contributed by atoms with Crippen LogP contribution in [-0.2, 0) is 0 Å². The third-order valence-electron chi connectivity index (χ3n) is 4.01. The summed E-state index contributed by atoms with van der Waals surface area (Å²) in [4.78, 5) is 0. The fraction of sp³-hybridized carbons (Fsp3) is 0.538. The molecule has 2 aliphatic carbocycles. The van der Waals surface area contributed by atoms with E-state index < -0.39 is 41.2 Å². The van der Waals surface area contributed by atoms with Gasteiger partial charge < -0.3 is 16.6 Å². The summed E-state index contributed by atoms with van der Waals surface area (Å²) in [5, 5.41) is 9.45. The lowest BCUT2D eigenvalue weighted by Gasteiger charge is -2.39. The first-order chi connectivity index (χ1) is 9.91. The van der Waals surface area contributed by atoms with Crippen molar-refractivity contribution in [2.75, 3.05) is 0 Å². The normalized spacial score (nSPS) is 26.8. The number of fused-ring (bicyclic) bond motifs is 1. The summed E-state index contributed by atoms with van der Waals surface area (Å²) >= 11 is 0. The van der Waals surface area contributed by atoms with Gasteiger partial charge in [-0.25, -0.2) is 0 Å². The minimum absolute atomic E-state index is 0.100. The minimum Gasteiger partial charge on any atom is -0.398 e. The first kappa shape index (κ1) is 16.9. The van der Waals surface area contributed by atoms with Crippen LogP contribution in [0, 0.1) is 5.92 Å². The Morgan fingerprint density at radius 3 is 2.09 bits per heavy atom. The highest BCUT2D eigenvalue weighted by molar-refractivity contribution is 5.50. The van der Waals surface area contributed by atoms with Crippen LogP contribution in [0.5, 0.6) is 0 Å². The van der Waals surface area contributed by atoms with Crippen LogP contribution in [-0.4, -0.2) is 29.1 Å². The van der Waals surface area contributed by atoms with Crippen molar-refractivity contribution in [1.82, 2.24) is 0 Å². The SMILES string of the molecule is NC1=C2C=CCC(N)C2CC=C1C(O)(C(F)(F)F)C(F)(F)F. The molecule has 3 nitrogen and oxygen atoms in total. The van der Waals surface area contributed by atoms with Gasteiger partial charge in [0.2, 0.25) is 0 Å². The van der Waals surface area contributed by atoms with Gasteiger partial charge in [-0.3, -0.25) is 0 Å². The Labute approximate surface area is 122 Å². The van der Waals surface area contributed by atoms with Gasteiger partial charge in [0, 0.05) is 23.2 Å². The van der Waals surface area contributed by atoms with E-state index in [4.69, 9.17) is 11.5 Å². The zero-order valence-corrected chi connectivity index (χ0v) is 11.2. The van der Waals surface area contributed by atoms with Crippen molar-refractivity contribution in [3.8, 4) is 0 Å². The van der Waals surface area contributed by atoms with Crippen molar-refractivity contribution in [1.29, 1.82) is 0 Å². The largest absolute Gasteiger partial charge is 0.430 e. The van der Waals surface area contributed by atoms with Crippen LogP contribution in [0.25, 0.3) is 0 Å². The van der Waals surface area contributed by atoms with Gasteiger partial charge >= 0.3 is 12.4 Å². The molecule has 0 aliphatic heterocycles. The third-order valence-corrected chi connectivity index (χ3v) is 4.01. The molecule has 0 aromatic carbocycles. The smallest absolute Gasteiger partial charge is 0.398 e. The van der Waals surface area contributed by atoms with Gasteiger partial charge in [0.05, 0.1) is 0 Å². The third kappa shape index (κ3) is 2.32. The molecule has 2 rings (SSSR count). The lowest BCUT2D eigenvalue weighted by atomic mass is 9.74. The van der Waals surface area contributed by atoms with Crippen LogP contribution in [0.15, 0.2) is 35.1 Å². The number of halogens is 6. The Morgan fingerprint density at radius 2 is 1.59 bits per heavy atom. The summed E-state index contributed by atoms with van der Waals surface area (Å²) in [6.45, 7) is 0. The van der Waals surface area contributed by atoms with E-state index in [9.17, 15) is 31.4 Å². The Morgan fingerprint density at radius 1 is 1.05 bits per heavy atom. The zero-order chi connectivity index (χ0) is 16.9. The van der Waals surface area contributed by atoms with Crippen molar-refractivity contribution in [3.05, 3.63) is 35.1 Å². The van der Waals surface area contributed by atoms with Crippen LogP contribution >= 0.6 is 0 Å². The summed E-state index contributed by atoms with van der Waals surface area (Å²) in [7, 11) is 0. The second kappa shape index (κ2) is 5.02. The van der Waals surface area contributed by atoms with Crippen LogP contribution in [0.4, 0.5) is 26.3 Å². The molecule has 0 saturated carbocycles. The quantitative estimate of drug-likeness (QED) is 0.647. The molecule has 0 heterocycles. The Bertz CT molecular complexity index is 544. The molecular weight excluding hydrogens is 314 g/mol. The highest BCUT2D eigenvalue weighted by Crippen LogP contribution is 2.51. The lowest BCUT2D eigenvalue weighted by Crippen LogP contribution is -2.59. The molecule has 5 N–H and O–H groups in total. The molecule has 0 amide bonds. The summed E-state index contributed by atoms with van der Waals surface area (Å²) < 4.78 is 77.6. The average Bonchev–Trinajstić information content (AvgIpc) is 2.37. The van der Waals surface area contributed by atoms with Crippen LogP contribution in [0.3, 0.4) is 0 Å². The van der Waals surface area contributed by atoms with Crippen molar-refractivity contribution >= 4 is 0 Å². The second-order valence-corrected chi connectivity index (χ2v) is 5.34. The van der Waals surface area contributed by atoms with Gasteiger partial charge in [0.15, 0.2) is 0 Å². The van der Waals surface area contributed by atoms with Gasteiger partial charge in [-0.05, 0) is 18.4 Å². The van der Waals surface area contributed by atoms with Crippen molar-refractivity contribution in [2.24, 2.45) is 17.4 Å². The van der Waals surface area contributed by atoms with Gasteiger partial charge in [0.25, 0.3) is 5.60 Å². The fourth-order valence-electron chi connectivity index (χ4n) is 2.78. The predicted octanol–water partition coefficient (Wildman–Crippen LogP) is 2.29. The van der Waals surface area contributed by atoms with Crippen LogP contribution in [0.1, 0.15) is 12.8 Å². The molecule has 0 radical (unpaired) electrons. The number of nitrogens with two attached hydrogens (primary N) is 2.